The van der Waals surface area contributed by atoms with Crippen LogP contribution in [0.4, 0.5) is 4.79 Å². The molecule has 25 heavy (non-hydrogen) atoms. The second kappa shape index (κ2) is 7.58. The summed E-state index contributed by atoms with van der Waals surface area (Å²) < 4.78 is 11.5. The Bertz CT molecular complexity index is 610. The van der Waals surface area contributed by atoms with Crippen LogP contribution in [0, 0.1) is 0 Å². The Hall–Kier alpha value is -1.86. The van der Waals surface area contributed by atoms with E-state index in [2.05, 4.69) is 21.3 Å². The van der Waals surface area contributed by atoms with E-state index in [-0.39, 0.29) is 17.7 Å². The van der Waals surface area contributed by atoms with Gasteiger partial charge in [0.2, 0.25) is 5.88 Å². The lowest BCUT2D eigenvalue weighted by atomic mass is 9.89. The van der Waals surface area contributed by atoms with Crippen LogP contribution >= 0.6 is 0 Å². The molecule has 0 radical (unpaired) electrons. The smallest absolute Gasteiger partial charge is 0.317 e. The first-order chi connectivity index (χ1) is 12.0. The Morgan fingerprint density at radius 1 is 1.56 bits per heavy atom. The van der Waals surface area contributed by atoms with Gasteiger partial charge >= 0.3 is 6.03 Å². The largest absolute Gasteiger partial charge is 0.481 e. The van der Waals surface area contributed by atoms with Crippen LogP contribution in [0.15, 0.2) is 18.3 Å². The molecular formula is C18H28N4O3. The summed E-state index contributed by atoms with van der Waals surface area (Å²) in [7, 11) is 5.19. The molecule has 7 heteroatoms. The maximum atomic E-state index is 11.9. The topological polar surface area (TPSA) is 66.9 Å². The van der Waals surface area contributed by atoms with Crippen molar-refractivity contribution in [3.05, 3.63) is 23.9 Å². The third-order valence-corrected chi connectivity index (χ3v) is 5.06. The molecule has 1 aromatic rings. The lowest BCUT2D eigenvalue weighted by molar-refractivity contribution is -0.0792. The van der Waals surface area contributed by atoms with Gasteiger partial charge < -0.3 is 19.7 Å². The normalized spacial score (nSPS) is 26.6. The van der Waals surface area contributed by atoms with Gasteiger partial charge in [0, 0.05) is 58.1 Å². The number of methoxy groups -OCH3 is 1. The lowest BCUT2D eigenvalue weighted by Gasteiger charge is -2.38. The number of nitrogens with one attached hydrogen (secondary N) is 1. The number of likely N-dealkylation sites (tertiary alicyclic amines) is 1. The van der Waals surface area contributed by atoms with Crippen molar-refractivity contribution in [1.82, 2.24) is 20.1 Å². The molecule has 3 rings (SSSR count). The van der Waals surface area contributed by atoms with E-state index in [0.29, 0.717) is 12.5 Å². The van der Waals surface area contributed by atoms with E-state index in [9.17, 15) is 4.79 Å². The number of ether oxygens (including phenoxy) is 2. The van der Waals surface area contributed by atoms with Gasteiger partial charge in [-0.05, 0) is 25.3 Å². The summed E-state index contributed by atoms with van der Waals surface area (Å²) >= 11 is 0. The van der Waals surface area contributed by atoms with Gasteiger partial charge in [0.1, 0.15) is 0 Å². The van der Waals surface area contributed by atoms with Crippen molar-refractivity contribution in [3.63, 3.8) is 0 Å². The SMILES string of the molecule is COc1ncccc1CN1CC[C@]2(C[C@@H](NC(=O)N(C)C)CCO2)C1. The highest BCUT2D eigenvalue weighted by molar-refractivity contribution is 5.73. The highest BCUT2D eigenvalue weighted by Gasteiger charge is 2.43. The number of amides is 2. The van der Waals surface area contributed by atoms with Crippen molar-refractivity contribution in [2.24, 2.45) is 0 Å². The number of hydrogen-bond donors (Lipinski definition) is 1. The van der Waals surface area contributed by atoms with Gasteiger partial charge in [0.15, 0.2) is 0 Å². The average molecular weight is 348 g/mol. The Labute approximate surface area is 149 Å². The van der Waals surface area contributed by atoms with Crippen LogP contribution < -0.4 is 10.1 Å². The van der Waals surface area contributed by atoms with Crippen LogP contribution in [0.3, 0.4) is 0 Å². The Balaban J connectivity index is 1.60. The third kappa shape index (κ3) is 4.22. The van der Waals surface area contributed by atoms with Crippen molar-refractivity contribution in [2.75, 3.05) is 40.9 Å². The molecule has 0 aromatic carbocycles. The fourth-order valence-electron chi connectivity index (χ4n) is 3.77. The van der Waals surface area contributed by atoms with Crippen molar-refractivity contribution in [1.29, 1.82) is 0 Å². The zero-order chi connectivity index (χ0) is 17.9. The monoisotopic (exact) mass is 348 g/mol. The predicted octanol–water partition coefficient (Wildman–Crippen LogP) is 1.48. The fraction of sp³-hybridized carbons (Fsp3) is 0.667. The standard InChI is InChI=1S/C18H28N4O3/c1-21(2)17(23)20-15-6-10-25-18(11-15)7-9-22(13-18)12-14-5-4-8-19-16(14)24-3/h4-5,8,15H,6-7,9-13H2,1-3H3,(H,20,23)/t15-,18-/m0/s1. The molecule has 0 bridgehead atoms. The van der Waals surface area contributed by atoms with Gasteiger partial charge in [-0.2, -0.15) is 0 Å². The molecule has 7 nitrogen and oxygen atoms in total. The maximum absolute atomic E-state index is 11.9. The van der Waals surface area contributed by atoms with Crippen molar-refractivity contribution in [2.45, 2.75) is 37.5 Å². The molecule has 3 heterocycles. The van der Waals surface area contributed by atoms with Gasteiger partial charge in [-0.25, -0.2) is 9.78 Å². The highest BCUT2D eigenvalue weighted by Crippen LogP contribution is 2.35. The molecule has 0 aliphatic carbocycles. The van der Waals surface area contributed by atoms with Crippen LogP contribution in [0.5, 0.6) is 5.88 Å². The Kier molecular flexibility index (Phi) is 5.44. The minimum absolute atomic E-state index is 0.0306. The molecule has 2 atom stereocenters. The molecule has 1 N–H and O–H groups in total. The average Bonchev–Trinajstić information content (AvgIpc) is 2.97. The summed E-state index contributed by atoms with van der Waals surface area (Å²) in [4.78, 5) is 20.2. The summed E-state index contributed by atoms with van der Waals surface area (Å²) in [5.41, 5.74) is 0.938. The molecule has 2 aliphatic rings. The van der Waals surface area contributed by atoms with Crippen molar-refractivity contribution < 1.29 is 14.3 Å². The predicted molar refractivity (Wildman–Crippen MR) is 94.6 cm³/mol. The molecular weight excluding hydrogens is 320 g/mol. The van der Waals surface area contributed by atoms with Crippen molar-refractivity contribution in [3.8, 4) is 5.88 Å². The number of aromatic nitrogens is 1. The molecule has 1 aromatic heterocycles. The molecule has 1 spiro atoms. The van der Waals surface area contributed by atoms with E-state index < -0.39 is 0 Å². The fourth-order valence-corrected chi connectivity index (χ4v) is 3.77. The van der Waals surface area contributed by atoms with Crippen LogP contribution in [-0.2, 0) is 11.3 Å². The van der Waals surface area contributed by atoms with Gasteiger partial charge in [0.05, 0.1) is 12.7 Å². The third-order valence-electron chi connectivity index (χ3n) is 5.06. The number of carbonyl (C=O) groups is 1. The minimum atomic E-state index is -0.155. The number of hydrogen-bond acceptors (Lipinski definition) is 5. The molecule has 138 valence electrons. The van der Waals surface area contributed by atoms with Crippen LogP contribution in [0.25, 0.3) is 0 Å². The molecule has 2 saturated heterocycles. The van der Waals surface area contributed by atoms with Gasteiger partial charge in [0.25, 0.3) is 0 Å². The number of carbonyl (C=O) groups excluding carboxylic acids is 1. The first kappa shape index (κ1) is 17.9. The van der Waals surface area contributed by atoms with Crippen molar-refractivity contribution >= 4 is 6.03 Å². The number of urea groups is 1. The summed E-state index contributed by atoms with van der Waals surface area (Å²) in [6, 6.07) is 4.14. The highest BCUT2D eigenvalue weighted by atomic mass is 16.5. The first-order valence-electron chi connectivity index (χ1n) is 8.83. The van der Waals surface area contributed by atoms with E-state index in [0.717, 1.165) is 44.5 Å². The van der Waals surface area contributed by atoms with E-state index in [1.54, 1.807) is 32.3 Å². The van der Waals surface area contributed by atoms with E-state index in [4.69, 9.17) is 9.47 Å². The quantitative estimate of drug-likeness (QED) is 0.893. The summed E-state index contributed by atoms with van der Waals surface area (Å²) in [5, 5.41) is 3.11. The number of pyridine rings is 1. The number of nitrogens with zero attached hydrogens (tertiary/aromatic N) is 3. The zero-order valence-electron chi connectivity index (χ0n) is 15.3. The first-order valence-corrected chi connectivity index (χ1v) is 8.83. The molecule has 2 fully saturated rings. The second-order valence-corrected chi connectivity index (χ2v) is 7.20. The summed E-state index contributed by atoms with van der Waals surface area (Å²) in [6.07, 6.45) is 4.48. The molecule has 2 aliphatic heterocycles. The molecule has 2 amide bonds. The van der Waals surface area contributed by atoms with Crippen LogP contribution in [0.2, 0.25) is 0 Å². The van der Waals surface area contributed by atoms with E-state index in [1.165, 1.54) is 0 Å². The zero-order valence-corrected chi connectivity index (χ0v) is 15.3. The Morgan fingerprint density at radius 2 is 2.40 bits per heavy atom. The van der Waals surface area contributed by atoms with Gasteiger partial charge in [-0.3, -0.25) is 4.90 Å². The van der Waals surface area contributed by atoms with E-state index >= 15 is 0 Å². The molecule has 0 unspecified atom stereocenters. The van der Waals surface area contributed by atoms with Gasteiger partial charge in [-0.15, -0.1) is 0 Å². The summed E-state index contributed by atoms with van der Waals surface area (Å²) in [5.74, 6) is 0.684. The Morgan fingerprint density at radius 3 is 3.16 bits per heavy atom. The van der Waals surface area contributed by atoms with Crippen LogP contribution in [-0.4, -0.2) is 73.4 Å². The maximum Gasteiger partial charge on any atom is 0.317 e. The van der Waals surface area contributed by atoms with Crippen LogP contribution in [0.1, 0.15) is 24.8 Å². The second-order valence-electron chi connectivity index (χ2n) is 7.20. The van der Waals surface area contributed by atoms with Gasteiger partial charge in [-0.1, -0.05) is 6.07 Å². The van der Waals surface area contributed by atoms with E-state index in [1.807, 2.05) is 6.07 Å². The minimum Gasteiger partial charge on any atom is -0.481 e. The number of rotatable bonds is 4. The molecule has 0 saturated carbocycles. The summed E-state index contributed by atoms with van der Waals surface area (Å²) in [6.45, 7) is 3.35. The lowest BCUT2D eigenvalue weighted by Crippen LogP contribution is -2.51.